The van der Waals surface area contributed by atoms with Gasteiger partial charge in [-0.25, -0.2) is 0 Å². The lowest BCUT2D eigenvalue weighted by molar-refractivity contribution is -0.128. The van der Waals surface area contributed by atoms with Crippen LogP contribution in [0.1, 0.15) is 46.6 Å². The number of guanidine groups is 1. The Balaban J connectivity index is 0.00000784. The zero-order chi connectivity index (χ0) is 21.0. The maximum absolute atomic E-state index is 12.1. The molecule has 0 radical (unpaired) electrons. The maximum Gasteiger partial charge on any atom is 0.227 e. The normalized spacial score (nSPS) is 12.9. The molecule has 0 saturated heterocycles. The van der Waals surface area contributed by atoms with E-state index in [0.29, 0.717) is 19.1 Å². The number of hydrogen-bond acceptors (Lipinski definition) is 3. The van der Waals surface area contributed by atoms with Crippen LogP contribution in [0.25, 0.3) is 0 Å². The lowest BCUT2D eigenvalue weighted by atomic mass is 9.92. The fourth-order valence-electron chi connectivity index (χ4n) is 2.74. The van der Waals surface area contributed by atoms with Gasteiger partial charge < -0.3 is 16.0 Å². The minimum Gasteiger partial charge on any atom is -0.357 e. The van der Waals surface area contributed by atoms with Gasteiger partial charge in [-0.2, -0.15) is 0 Å². The van der Waals surface area contributed by atoms with Crippen LogP contribution in [0.15, 0.2) is 35.3 Å². The van der Waals surface area contributed by atoms with Gasteiger partial charge in [-0.1, -0.05) is 30.3 Å². The van der Waals surface area contributed by atoms with E-state index in [0.717, 1.165) is 32.0 Å². The second kappa shape index (κ2) is 14.6. The third-order valence-corrected chi connectivity index (χ3v) is 4.81. The molecule has 0 aliphatic carbocycles. The van der Waals surface area contributed by atoms with Crippen molar-refractivity contribution >= 4 is 35.8 Å². The van der Waals surface area contributed by atoms with Crippen molar-refractivity contribution in [3.63, 3.8) is 0 Å². The van der Waals surface area contributed by atoms with E-state index >= 15 is 0 Å². The van der Waals surface area contributed by atoms with Crippen LogP contribution < -0.4 is 16.0 Å². The van der Waals surface area contributed by atoms with Crippen molar-refractivity contribution in [3.05, 3.63) is 35.9 Å². The number of nitrogens with one attached hydrogen (secondary N) is 3. The number of rotatable bonds is 11. The Labute approximate surface area is 194 Å². The predicted molar refractivity (Wildman–Crippen MR) is 134 cm³/mol. The van der Waals surface area contributed by atoms with E-state index in [4.69, 9.17) is 0 Å². The zero-order valence-electron chi connectivity index (χ0n) is 18.9. The molecule has 0 aliphatic rings. The Bertz CT molecular complexity index is 606. The van der Waals surface area contributed by atoms with Crippen molar-refractivity contribution in [1.29, 1.82) is 0 Å². The summed E-state index contributed by atoms with van der Waals surface area (Å²) in [5.74, 6) is 0.795. The van der Waals surface area contributed by atoms with Gasteiger partial charge in [0.2, 0.25) is 5.91 Å². The van der Waals surface area contributed by atoms with Crippen LogP contribution in [0.5, 0.6) is 0 Å². The molecule has 0 spiro atoms. The fourth-order valence-corrected chi connectivity index (χ4v) is 2.74. The summed E-state index contributed by atoms with van der Waals surface area (Å²) >= 11 is 0. The summed E-state index contributed by atoms with van der Waals surface area (Å²) in [6.07, 6.45) is 1.01. The maximum atomic E-state index is 12.1. The molecule has 1 amide bonds. The summed E-state index contributed by atoms with van der Waals surface area (Å²) in [4.78, 5) is 19.1. The smallest absolute Gasteiger partial charge is 0.227 e. The molecule has 1 aromatic rings. The summed E-state index contributed by atoms with van der Waals surface area (Å²) in [6, 6.07) is 11.0. The van der Waals surface area contributed by atoms with E-state index in [1.807, 2.05) is 33.8 Å². The molecule has 0 saturated carbocycles. The third-order valence-electron chi connectivity index (χ3n) is 4.81. The van der Waals surface area contributed by atoms with Crippen molar-refractivity contribution in [1.82, 2.24) is 20.9 Å². The van der Waals surface area contributed by atoms with E-state index < -0.39 is 5.41 Å². The van der Waals surface area contributed by atoms with Gasteiger partial charge in [0, 0.05) is 32.2 Å². The molecule has 1 atom stereocenters. The highest BCUT2D eigenvalue weighted by Gasteiger charge is 2.26. The van der Waals surface area contributed by atoms with Crippen LogP contribution in [0, 0.1) is 5.41 Å². The molecular formula is C22H40IN5O. The summed E-state index contributed by atoms with van der Waals surface area (Å²) in [5, 5.41) is 9.53. The van der Waals surface area contributed by atoms with E-state index in [-0.39, 0.29) is 29.9 Å². The third kappa shape index (κ3) is 10.8. The number of benzene rings is 1. The van der Waals surface area contributed by atoms with Gasteiger partial charge in [0.25, 0.3) is 0 Å². The molecular weight excluding hydrogens is 477 g/mol. The summed E-state index contributed by atoms with van der Waals surface area (Å²) < 4.78 is 0. The van der Waals surface area contributed by atoms with Crippen molar-refractivity contribution in [2.75, 3.05) is 33.2 Å². The minimum absolute atomic E-state index is 0. The number of amides is 1. The topological polar surface area (TPSA) is 68.8 Å². The van der Waals surface area contributed by atoms with Crippen LogP contribution in [-0.2, 0) is 11.3 Å². The first-order valence-electron chi connectivity index (χ1n) is 10.3. The first-order valence-corrected chi connectivity index (χ1v) is 10.3. The summed E-state index contributed by atoms with van der Waals surface area (Å²) in [6.45, 7) is 13.7. The Morgan fingerprint density at radius 1 is 1.10 bits per heavy atom. The average molecular weight is 518 g/mol. The second-order valence-corrected chi connectivity index (χ2v) is 7.90. The Morgan fingerprint density at radius 3 is 2.31 bits per heavy atom. The van der Waals surface area contributed by atoms with Gasteiger partial charge in [-0.05, 0) is 53.7 Å². The van der Waals surface area contributed by atoms with Gasteiger partial charge in [-0.3, -0.25) is 14.7 Å². The second-order valence-electron chi connectivity index (χ2n) is 7.90. The molecule has 1 rings (SSSR count). The number of carbonyl (C=O) groups is 1. The summed E-state index contributed by atoms with van der Waals surface area (Å²) in [7, 11) is 2.16. The van der Waals surface area contributed by atoms with Crippen molar-refractivity contribution in [2.24, 2.45) is 10.4 Å². The Hall–Kier alpha value is -1.35. The molecule has 1 aromatic carbocycles. The molecule has 0 heterocycles. The number of hydrogen-bond donors (Lipinski definition) is 3. The van der Waals surface area contributed by atoms with Crippen LogP contribution in [0.3, 0.4) is 0 Å². The number of nitrogens with zero attached hydrogens (tertiary/aromatic N) is 2. The zero-order valence-corrected chi connectivity index (χ0v) is 21.2. The van der Waals surface area contributed by atoms with Gasteiger partial charge in [0.1, 0.15) is 0 Å². The quantitative estimate of drug-likeness (QED) is 0.240. The lowest BCUT2D eigenvalue weighted by Crippen LogP contribution is -2.42. The lowest BCUT2D eigenvalue weighted by Gasteiger charge is -2.25. The number of halogens is 1. The highest BCUT2D eigenvalue weighted by molar-refractivity contribution is 14.0. The minimum atomic E-state index is -0.526. The molecule has 7 heteroatoms. The molecule has 0 fully saturated rings. The molecule has 29 heavy (non-hydrogen) atoms. The van der Waals surface area contributed by atoms with Gasteiger partial charge in [0.05, 0.1) is 12.0 Å². The fraction of sp³-hybridized carbons (Fsp3) is 0.636. The van der Waals surface area contributed by atoms with Crippen LogP contribution in [0.2, 0.25) is 0 Å². The molecule has 1 unspecified atom stereocenters. The van der Waals surface area contributed by atoms with Crippen LogP contribution >= 0.6 is 24.0 Å². The molecule has 6 nitrogen and oxygen atoms in total. The van der Waals surface area contributed by atoms with Crippen LogP contribution in [-0.4, -0.2) is 56.0 Å². The van der Waals surface area contributed by atoms with Gasteiger partial charge >= 0.3 is 0 Å². The van der Waals surface area contributed by atoms with Crippen LogP contribution in [0.4, 0.5) is 0 Å². The van der Waals surface area contributed by atoms with Gasteiger partial charge in [0.15, 0.2) is 5.96 Å². The SMILES string of the molecule is CCNC(=O)C(C)(C)CN=C(NCC)NCCC(C)N(C)Cc1ccccc1.I. The highest BCUT2D eigenvalue weighted by atomic mass is 127. The summed E-state index contributed by atoms with van der Waals surface area (Å²) in [5.41, 5.74) is 0.800. The standard InChI is InChI=1S/C22H39N5O.HI/c1-7-23-20(28)22(4,5)17-26-21(24-8-2)25-15-14-18(3)27(6)16-19-12-10-9-11-13-19;/h9-13,18H,7-8,14-17H2,1-6H3,(H,23,28)(H2,24,25,26);1H. The predicted octanol–water partition coefficient (Wildman–Crippen LogP) is 3.23. The molecule has 3 N–H and O–H groups in total. The molecule has 0 bridgehead atoms. The van der Waals surface area contributed by atoms with E-state index in [9.17, 15) is 4.79 Å². The average Bonchev–Trinajstić information content (AvgIpc) is 2.67. The largest absolute Gasteiger partial charge is 0.357 e. The Kier molecular flexibility index (Phi) is 13.9. The van der Waals surface area contributed by atoms with Crippen molar-refractivity contribution in [3.8, 4) is 0 Å². The molecule has 0 aromatic heterocycles. The highest BCUT2D eigenvalue weighted by Crippen LogP contribution is 2.15. The van der Waals surface area contributed by atoms with Gasteiger partial charge in [-0.15, -0.1) is 24.0 Å². The number of aliphatic imine (C=N–C) groups is 1. The van der Waals surface area contributed by atoms with E-state index in [1.165, 1.54) is 5.56 Å². The molecule has 166 valence electrons. The van der Waals surface area contributed by atoms with E-state index in [2.05, 4.69) is 64.1 Å². The van der Waals surface area contributed by atoms with Crippen molar-refractivity contribution < 1.29 is 4.79 Å². The first-order chi connectivity index (χ1) is 13.3. The van der Waals surface area contributed by atoms with E-state index in [1.54, 1.807) is 0 Å². The number of carbonyl (C=O) groups excluding carboxylic acids is 1. The Morgan fingerprint density at radius 2 is 1.72 bits per heavy atom. The monoisotopic (exact) mass is 517 g/mol. The van der Waals surface area contributed by atoms with Crippen molar-refractivity contribution in [2.45, 2.75) is 53.6 Å². The first kappa shape index (κ1) is 27.6. The molecule has 0 aliphatic heterocycles.